The van der Waals surface area contributed by atoms with E-state index in [2.05, 4.69) is 38.3 Å². The molecule has 20 heavy (non-hydrogen) atoms. The molecule has 0 radical (unpaired) electrons. The number of hydrogen-bond donors (Lipinski definition) is 2. The third kappa shape index (κ3) is 1.71. The summed E-state index contributed by atoms with van der Waals surface area (Å²) in [5.74, 6) is 1.04. The first-order valence-corrected chi connectivity index (χ1v) is 8.42. The van der Waals surface area contributed by atoms with Gasteiger partial charge < -0.3 is 10.6 Å². The summed E-state index contributed by atoms with van der Waals surface area (Å²) in [6, 6.07) is 0.370. The second kappa shape index (κ2) is 4.46. The maximum atomic E-state index is 12.8. The fourth-order valence-electron chi connectivity index (χ4n) is 5.18. The number of nitrogens with one attached hydrogen (secondary N) is 2. The molecular formula is C17H30N2O. The molecule has 2 aliphatic carbocycles. The van der Waals surface area contributed by atoms with Gasteiger partial charge >= 0.3 is 0 Å². The van der Waals surface area contributed by atoms with Crippen molar-refractivity contribution in [3.8, 4) is 0 Å². The van der Waals surface area contributed by atoms with Crippen LogP contribution in [-0.2, 0) is 4.79 Å². The number of amides is 1. The zero-order valence-corrected chi connectivity index (χ0v) is 13.5. The first kappa shape index (κ1) is 14.4. The molecule has 114 valence electrons. The van der Waals surface area contributed by atoms with Crippen LogP contribution >= 0.6 is 0 Å². The number of hydrogen-bond acceptors (Lipinski definition) is 2. The predicted octanol–water partition coefficient (Wildman–Crippen LogP) is 2.85. The summed E-state index contributed by atoms with van der Waals surface area (Å²) in [4.78, 5) is 12.8. The maximum Gasteiger partial charge on any atom is 0.240 e. The summed E-state index contributed by atoms with van der Waals surface area (Å²) < 4.78 is 0. The molecule has 0 aromatic carbocycles. The zero-order chi connectivity index (χ0) is 14.6. The molecule has 0 spiro atoms. The molecule has 3 aliphatic rings. The lowest BCUT2D eigenvalue weighted by Gasteiger charge is -2.41. The summed E-state index contributed by atoms with van der Waals surface area (Å²) in [6.07, 6.45) is 6.79. The van der Waals surface area contributed by atoms with Gasteiger partial charge in [0.25, 0.3) is 0 Å². The van der Waals surface area contributed by atoms with Crippen LogP contribution in [0.5, 0.6) is 0 Å². The largest absolute Gasteiger partial charge is 0.351 e. The molecule has 1 amide bonds. The molecule has 4 atom stereocenters. The molecule has 3 nitrogen and oxygen atoms in total. The van der Waals surface area contributed by atoms with E-state index in [4.69, 9.17) is 0 Å². The molecule has 1 aliphatic heterocycles. The second-order valence-electron chi connectivity index (χ2n) is 8.10. The van der Waals surface area contributed by atoms with Gasteiger partial charge in [-0.05, 0) is 61.8 Å². The Morgan fingerprint density at radius 1 is 1.30 bits per heavy atom. The molecule has 1 saturated heterocycles. The van der Waals surface area contributed by atoms with E-state index in [0.717, 1.165) is 31.7 Å². The van der Waals surface area contributed by atoms with Crippen LogP contribution in [-0.4, -0.2) is 24.0 Å². The van der Waals surface area contributed by atoms with Crippen LogP contribution in [0.1, 0.15) is 66.2 Å². The van der Waals surface area contributed by atoms with Crippen molar-refractivity contribution in [3.63, 3.8) is 0 Å². The second-order valence-corrected chi connectivity index (χ2v) is 8.10. The lowest BCUT2D eigenvalue weighted by molar-refractivity contribution is -0.129. The normalized spacial score (nSPS) is 45.8. The van der Waals surface area contributed by atoms with Gasteiger partial charge in [-0.2, -0.15) is 0 Å². The molecule has 2 saturated carbocycles. The van der Waals surface area contributed by atoms with Gasteiger partial charge in [0.1, 0.15) is 0 Å². The van der Waals surface area contributed by atoms with Gasteiger partial charge in [-0.3, -0.25) is 4.79 Å². The Hall–Kier alpha value is -0.570. The minimum atomic E-state index is -0.289. The highest BCUT2D eigenvalue weighted by Gasteiger charge is 2.62. The molecule has 3 fully saturated rings. The zero-order valence-electron chi connectivity index (χ0n) is 13.5. The van der Waals surface area contributed by atoms with Crippen molar-refractivity contribution < 1.29 is 4.79 Å². The minimum Gasteiger partial charge on any atom is -0.351 e. The van der Waals surface area contributed by atoms with Gasteiger partial charge in [-0.15, -0.1) is 0 Å². The lowest BCUT2D eigenvalue weighted by Crippen LogP contribution is -2.58. The van der Waals surface area contributed by atoms with Crippen LogP contribution in [0.2, 0.25) is 0 Å². The Kier molecular flexibility index (Phi) is 3.20. The van der Waals surface area contributed by atoms with E-state index < -0.39 is 0 Å². The van der Waals surface area contributed by atoms with Crippen LogP contribution in [0.3, 0.4) is 0 Å². The van der Waals surface area contributed by atoms with E-state index in [1.54, 1.807) is 0 Å². The van der Waals surface area contributed by atoms with Gasteiger partial charge in [0.05, 0.1) is 5.54 Å². The highest BCUT2D eigenvalue weighted by atomic mass is 16.2. The average molecular weight is 278 g/mol. The molecular weight excluding hydrogens is 248 g/mol. The average Bonchev–Trinajstić information content (AvgIpc) is 3.02. The SMILES string of the molecule is CCC1(C(=O)NC2CC3CCC2(C)C3(C)C)CCCN1. The predicted molar refractivity (Wildman–Crippen MR) is 81.4 cm³/mol. The van der Waals surface area contributed by atoms with Crippen molar-refractivity contribution in [2.75, 3.05) is 6.54 Å². The topological polar surface area (TPSA) is 41.1 Å². The van der Waals surface area contributed by atoms with E-state index in [0.29, 0.717) is 11.5 Å². The standard InChI is InChI=1S/C17H30N2O/c1-5-17(8-6-10-18-17)14(20)19-13-11-12-7-9-16(13,4)15(12,2)3/h12-13,18H,5-11H2,1-4H3,(H,19,20). The molecule has 2 N–H and O–H groups in total. The molecule has 2 bridgehead atoms. The summed E-state index contributed by atoms with van der Waals surface area (Å²) in [5.41, 5.74) is 0.358. The van der Waals surface area contributed by atoms with E-state index in [-0.39, 0.29) is 16.9 Å². The molecule has 0 aromatic heterocycles. The Labute approximate surface area is 123 Å². The smallest absolute Gasteiger partial charge is 0.240 e. The van der Waals surface area contributed by atoms with Gasteiger partial charge in [0, 0.05) is 6.04 Å². The highest BCUT2D eigenvalue weighted by molar-refractivity contribution is 5.87. The van der Waals surface area contributed by atoms with Crippen molar-refractivity contribution in [1.29, 1.82) is 0 Å². The Morgan fingerprint density at radius 3 is 2.50 bits per heavy atom. The quantitative estimate of drug-likeness (QED) is 0.833. The van der Waals surface area contributed by atoms with Crippen molar-refractivity contribution in [1.82, 2.24) is 10.6 Å². The van der Waals surface area contributed by atoms with Crippen molar-refractivity contribution in [2.45, 2.75) is 77.8 Å². The van der Waals surface area contributed by atoms with Gasteiger partial charge in [0.15, 0.2) is 0 Å². The number of carbonyl (C=O) groups is 1. The van der Waals surface area contributed by atoms with Gasteiger partial charge in [0.2, 0.25) is 5.91 Å². The molecule has 3 rings (SSSR count). The molecule has 4 unspecified atom stereocenters. The summed E-state index contributed by atoms with van der Waals surface area (Å²) in [6.45, 7) is 10.3. The maximum absolute atomic E-state index is 12.8. The third-order valence-electron chi connectivity index (χ3n) is 7.38. The van der Waals surface area contributed by atoms with E-state index >= 15 is 0 Å². The summed E-state index contributed by atoms with van der Waals surface area (Å²) in [7, 11) is 0. The van der Waals surface area contributed by atoms with E-state index in [1.165, 1.54) is 19.3 Å². The van der Waals surface area contributed by atoms with Gasteiger partial charge in [-0.25, -0.2) is 0 Å². The molecule has 1 heterocycles. The lowest BCUT2D eigenvalue weighted by atomic mass is 9.69. The number of carbonyl (C=O) groups excluding carboxylic acids is 1. The monoisotopic (exact) mass is 278 g/mol. The first-order valence-electron chi connectivity index (χ1n) is 8.42. The Morgan fingerprint density at radius 2 is 2.05 bits per heavy atom. The van der Waals surface area contributed by atoms with Crippen molar-refractivity contribution in [2.24, 2.45) is 16.7 Å². The fourth-order valence-corrected chi connectivity index (χ4v) is 5.18. The van der Waals surface area contributed by atoms with Crippen LogP contribution in [0.4, 0.5) is 0 Å². The third-order valence-corrected chi connectivity index (χ3v) is 7.38. The Bertz CT molecular complexity index is 411. The van der Waals surface area contributed by atoms with Crippen LogP contribution in [0.15, 0.2) is 0 Å². The van der Waals surface area contributed by atoms with Crippen LogP contribution in [0.25, 0.3) is 0 Å². The minimum absolute atomic E-state index is 0.257. The highest BCUT2D eigenvalue weighted by Crippen LogP contribution is 2.65. The van der Waals surface area contributed by atoms with Crippen LogP contribution < -0.4 is 10.6 Å². The van der Waals surface area contributed by atoms with Gasteiger partial charge in [-0.1, -0.05) is 27.7 Å². The van der Waals surface area contributed by atoms with E-state index in [9.17, 15) is 4.79 Å². The van der Waals surface area contributed by atoms with Crippen molar-refractivity contribution in [3.05, 3.63) is 0 Å². The molecule has 0 aromatic rings. The van der Waals surface area contributed by atoms with Crippen LogP contribution in [0, 0.1) is 16.7 Å². The van der Waals surface area contributed by atoms with E-state index in [1.807, 2.05) is 0 Å². The number of rotatable bonds is 3. The molecule has 3 heteroatoms. The number of fused-ring (bicyclic) bond motifs is 2. The summed E-state index contributed by atoms with van der Waals surface area (Å²) in [5, 5.41) is 6.90. The van der Waals surface area contributed by atoms with Crippen molar-refractivity contribution >= 4 is 5.91 Å². The first-order chi connectivity index (χ1) is 9.36. The Balaban J connectivity index is 1.75. The fraction of sp³-hybridized carbons (Fsp3) is 0.941. The summed E-state index contributed by atoms with van der Waals surface area (Å²) >= 11 is 0.